The third-order valence-corrected chi connectivity index (χ3v) is 3.98. The van der Waals surface area contributed by atoms with Gasteiger partial charge in [-0.15, -0.1) is 0 Å². The van der Waals surface area contributed by atoms with E-state index in [-0.39, 0.29) is 0 Å². The van der Waals surface area contributed by atoms with Gasteiger partial charge in [0.2, 0.25) is 0 Å². The molecule has 5 heteroatoms. The Morgan fingerprint density at radius 2 is 2.00 bits per heavy atom. The van der Waals surface area contributed by atoms with Crippen molar-refractivity contribution in [3.8, 4) is 0 Å². The molecule has 0 atom stereocenters. The summed E-state index contributed by atoms with van der Waals surface area (Å²) in [4.78, 5) is 9.64. The number of hydrogen-bond acceptors (Lipinski definition) is 4. The molecule has 3 nitrogen and oxygen atoms in total. The van der Waals surface area contributed by atoms with E-state index < -0.39 is 0 Å². The van der Waals surface area contributed by atoms with Gasteiger partial charge in [-0.05, 0) is 41.9 Å². The fourth-order valence-electron chi connectivity index (χ4n) is 1.36. The summed E-state index contributed by atoms with van der Waals surface area (Å²) in [6.07, 6.45) is 3.63. The van der Waals surface area contributed by atoms with Gasteiger partial charge in [-0.2, -0.15) is 0 Å². The normalized spacial score (nSPS) is 10.5. The zero-order valence-corrected chi connectivity index (χ0v) is 11.8. The first kappa shape index (κ1) is 12.5. The number of nitrogens with two attached hydrogens (primary N) is 1. The Balaban J connectivity index is 2.29. The Labute approximate surface area is 113 Å². The highest BCUT2D eigenvalue weighted by Gasteiger charge is 2.07. The summed E-state index contributed by atoms with van der Waals surface area (Å²) in [5.74, 6) is 0. The summed E-state index contributed by atoms with van der Waals surface area (Å²) in [6.45, 7) is 2.47. The first-order chi connectivity index (χ1) is 8.20. The van der Waals surface area contributed by atoms with E-state index in [9.17, 15) is 0 Å². The first-order valence-electron chi connectivity index (χ1n) is 5.14. The van der Waals surface area contributed by atoms with Gasteiger partial charge in [0.05, 0.1) is 0 Å². The summed E-state index contributed by atoms with van der Waals surface area (Å²) in [5.41, 5.74) is 7.89. The van der Waals surface area contributed by atoms with Gasteiger partial charge in [-0.3, -0.25) is 0 Å². The van der Waals surface area contributed by atoms with Gasteiger partial charge in [-0.1, -0.05) is 22.0 Å². The van der Waals surface area contributed by atoms with Gasteiger partial charge in [0.15, 0.2) is 5.16 Å². The Morgan fingerprint density at radius 1 is 1.29 bits per heavy atom. The molecule has 0 bridgehead atoms. The molecule has 0 aliphatic carbocycles. The molecule has 2 rings (SSSR count). The third-order valence-electron chi connectivity index (χ3n) is 2.24. The number of nitrogens with zero attached hydrogens (tertiary/aromatic N) is 2. The molecular weight excluding hydrogens is 298 g/mol. The lowest BCUT2D eigenvalue weighted by atomic mass is 10.2. The van der Waals surface area contributed by atoms with Crippen LogP contribution in [0.4, 0.5) is 0 Å². The minimum atomic E-state index is 0.496. The lowest BCUT2D eigenvalue weighted by Gasteiger charge is -2.08. The molecule has 88 valence electrons. The third kappa shape index (κ3) is 3.06. The molecule has 0 radical (unpaired) electrons. The van der Waals surface area contributed by atoms with E-state index in [1.807, 2.05) is 37.5 Å². The molecule has 0 spiro atoms. The Kier molecular flexibility index (Phi) is 4.15. The number of hydrogen-bond donors (Lipinski definition) is 1. The van der Waals surface area contributed by atoms with Crippen molar-refractivity contribution >= 4 is 27.7 Å². The van der Waals surface area contributed by atoms with Crippen LogP contribution < -0.4 is 5.73 Å². The molecule has 0 aliphatic rings. The lowest BCUT2D eigenvalue weighted by molar-refractivity contribution is 0.944. The molecule has 0 aliphatic heterocycles. The van der Waals surface area contributed by atoms with E-state index in [0.29, 0.717) is 6.54 Å². The molecule has 2 N–H and O–H groups in total. The highest BCUT2D eigenvalue weighted by molar-refractivity contribution is 9.10. The highest BCUT2D eigenvalue weighted by Crippen LogP contribution is 2.31. The van der Waals surface area contributed by atoms with Gasteiger partial charge in [0.1, 0.15) is 0 Å². The van der Waals surface area contributed by atoms with Crippen molar-refractivity contribution in [2.45, 2.75) is 23.5 Å². The molecule has 1 aromatic heterocycles. The Bertz CT molecular complexity index is 514. The number of rotatable bonds is 3. The van der Waals surface area contributed by atoms with Crippen LogP contribution in [0.15, 0.2) is 45.1 Å². The summed E-state index contributed by atoms with van der Waals surface area (Å²) >= 11 is 5.03. The van der Waals surface area contributed by atoms with Crippen LogP contribution in [0.25, 0.3) is 0 Å². The molecule has 0 amide bonds. The van der Waals surface area contributed by atoms with Crippen LogP contribution in [0.1, 0.15) is 11.1 Å². The minimum absolute atomic E-state index is 0.496. The smallest absolute Gasteiger partial charge is 0.192 e. The van der Waals surface area contributed by atoms with E-state index in [4.69, 9.17) is 5.73 Å². The van der Waals surface area contributed by atoms with Crippen molar-refractivity contribution in [2.24, 2.45) is 5.73 Å². The highest BCUT2D eigenvalue weighted by atomic mass is 79.9. The second kappa shape index (κ2) is 5.62. The predicted octanol–water partition coefficient (Wildman–Crippen LogP) is 3.16. The molecular formula is C12H12BrN3S. The monoisotopic (exact) mass is 309 g/mol. The molecule has 0 saturated carbocycles. The van der Waals surface area contributed by atoms with Crippen LogP contribution in [-0.4, -0.2) is 9.97 Å². The Hall–Kier alpha value is -0.910. The van der Waals surface area contributed by atoms with E-state index in [2.05, 4.69) is 25.9 Å². The minimum Gasteiger partial charge on any atom is -0.326 e. The van der Waals surface area contributed by atoms with Crippen molar-refractivity contribution in [3.05, 3.63) is 46.2 Å². The largest absolute Gasteiger partial charge is 0.326 e. The fraction of sp³-hybridized carbons (Fsp3) is 0.167. The van der Waals surface area contributed by atoms with Crippen molar-refractivity contribution in [1.82, 2.24) is 9.97 Å². The summed E-state index contributed by atoms with van der Waals surface area (Å²) in [6, 6.07) is 6.00. The topological polar surface area (TPSA) is 51.8 Å². The maximum Gasteiger partial charge on any atom is 0.192 e. The quantitative estimate of drug-likeness (QED) is 0.885. The van der Waals surface area contributed by atoms with Crippen LogP contribution in [0, 0.1) is 6.92 Å². The van der Waals surface area contributed by atoms with E-state index in [1.165, 1.54) is 11.8 Å². The summed E-state index contributed by atoms with van der Waals surface area (Å²) in [7, 11) is 0. The number of aromatic nitrogens is 2. The van der Waals surface area contributed by atoms with Gasteiger partial charge >= 0.3 is 0 Å². The van der Waals surface area contributed by atoms with Crippen LogP contribution in [0.3, 0.4) is 0 Å². The maximum absolute atomic E-state index is 5.75. The average Bonchev–Trinajstić information content (AvgIpc) is 2.32. The van der Waals surface area contributed by atoms with Gasteiger partial charge < -0.3 is 5.73 Å². The van der Waals surface area contributed by atoms with Gasteiger partial charge in [0.25, 0.3) is 0 Å². The van der Waals surface area contributed by atoms with Crippen molar-refractivity contribution < 1.29 is 0 Å². The number of aryl methyl sites for hydroxylation is 1. The van der Waals surface area contributed by atoms with Gasteiger partial charge in [0, 0.05) is 28.3 Å². The molecule has 2 aromatic rings. The van der Waals surface area contributed by atoms with Crippen molar-refractivity contribution in [2.75, 3.05) is 0 Å². The zero-order chi connectivity index (χ0) is 12.3. The van der Waals surface area contributed by atoms with Crippen LogP contribution >= 0.6 is 27.7 Å². The van der Waals surface area contributed by atoms with E-state index in [0.717, 1.165) is 25.7 Å². The molecule has 0 fully saturated rings. The summed E-state index contributed by atoms with van der Waals surface area (Å²) < 4.78 is 1.03. The van der Waals surface area contributed by atoms with E-state index in [1.54, 1.807) is 0 Å². The van der Waals surface area contributed by atoms with Crippen LogP contribution in [0.5, 0.6) is 0 Å². The standard InChI is InChI=1S/C12H12BrN3S/c1-8-6-15-12(16-7-8)17-11-4-2-3-10(13)9(11)5-14/h2-4,6-7H,5,14H2,1H3. The van der Waals surface area contributed by atoms with Gasteiger partial charge in [-0.25, -0.2) is 9.97 Å². The van der Waals surface area contributed by atoms with Crippen LogP contribution in [0.2, 0.25) is 0 Å². The summed E-state index contributed by atoms with van der Waals surface area (Å²) in [5, 5.41) is 0.739. The maximum atomic E-state index is 5.75. The number of benzene rings is 1. The predicted molar refractivity (Wildman–Crippen MR) is 72.9 cm³/mol. The second-order valence-electron chi connectivity index (χ2n) is 3.57. The lowest BCUT2D eigenvalue weighted by Crippen LogP contribution is -2.00. The first-order valence-corrected chi connectivity index (χ1v) is 6.75. The van der Waals surface area contributed by atoms with E-state index >= 15 is 0 Å². The zero-order valence-electron chi connectivity index (χ0n) is 9.35. The molecule has 1 aromatic carbocycles. The Morgan fingerprint density at radius 3 is 2.65 bits per heavy atom. The fourth-order valence-corrected chi connectivity index (χ4v) is 2.89. The molecule has 1 heterocycles. The molecule has 17 heavy (non-hydrogen) atoms. The van der Waals surface area contributed by atoms with Crippen LogP contribution in [-0.2, 0) is 6.54 Å². The number of halogens is 1. The second-order valence-corrected chi connectivity index (χ2v) is 5.43. The van der Waals surface area contributed by atoms with Crippen molar-refractivity contribution in [3.63, 3.8) is 0 Å². The molecule has 0 saturated heterocycles. The van der Waals surface area contributed by atoms with Crippen molar-refractivity contribution in [1.29, 1.82) is 0 Å². The SMILES string of the molecule is Cc1cnc(Sc2cccc(Br)c2CN)nc1. The average molecular weight is 310 g/mol. The molecule has 0 unspecified atom stereocenters.